The third-order valence-corrected chi connectivity index (χ3v) is 9.84. The smallest absolute Gasteiger partial charge is 0.320 e. The number of rotatable bonds is 6. The highest BCUT2D eigenvalue weighted by molar-refractivity contribution is 6.37. The zero-order valence-electron chi connectivity index (χ0n) is 28.7. The predicted octanol–water partition coefficient (Wildman–Crippen LogP) is 7.50. The number of urea groups is 2. The van der Waals surface area contributed by atoms with Crippen molar-refractivity contribution in [2.24, 2.45) is 14.1 Å². The van der Waals surface area contributed by atoms with E-state index in [0.29, 0.717) is 43.9 Å². The minimum Gasteiger partial charge on any atom is -0.335 e. The standard InChI is InChI=1S/2C18H19ClN6O/c1-25-10-11(9-20-25)13-8-15-14(23-17(13)19)6-7-16(22-15)24-18(26)21-12-4-2-3-5-12;1-25-10-11(8-21-25)13-9-20-14-6-7-15(23-17(14)16(13)19)24-18(26)22-12-4-2-3-5-12/h6-10,12H,2-5H2,1H3,(H2,21,22,24,26);6-10,12H,2-5H2,1H3,(H2,22,23,24,26). The Morgan fingerprint density at radius 1 is 0.673 bits per heavy atom. The lowest BCUT2D eigenvalue weighted by atomic mass is 10.1. The molecule has 268 valence electrons. The summed E-state index contributed by atoms with van der Waals surface area (Å²) in [6, 6.07) is 8.95. The zero-order chi connectivity index (χ0) is 36.2. The second-order valence-corrected chi connectivity index (χ2v) is 13.8. The molecule has 0 aromatic carbocycles. The summed E-state index contributed by atoms with van der Waals surface area (Å²) >= 11 is 12.9. The van der Waals surface area contributed by atoms with Crippen LogP contribution in [0.3, 0.4) is 0 Å². The lowest BCUT2D eigenvalue weighted by molar-refractivity contribution is 0.247. The van der Waals surface area contributed by atoms with Crippen LogP contribution in [0.15, 0.2) is 61.3 Å². The van der Waals surface area contributed by atoms with Crippen LogP contribution in [0, 0.1) is 0 Å². The molecular formula is C36H38Cl2N12O2. The average Bonchev–Trinajstić information content (AvgIpc) is 3.96. The van der Waals surface area contributed by atoms with E-state index < -0.39 is 0 Å². The molecule has 2 aliphatic carbocycles. The van der Waals surface area contributed by atoms with E-state index in [9.17, 15) is 9.59 Å². The van der Waals surface area contributed by atoms with Gasteiger partial charge in [0.15, 0.2) is 0 Å². The molecule has 2 saturated carbocycles. The number of carbonyl (C=O) groups is 2. The average molecular weight is 742 g/mol. The number of aromatic nitrogens is 8. The van der Waals surface area contributed by atoms with Crippen molar-refractivity contribution in [1.29, 1.82) is 0 Å². The normalized spacial score (nSPS) is 14.7. The van der Waals surface area contributed by atoms with Gasteiger partial charge in [-0.05, 0) is 56.0 Å². The van der Waals surface area contributed by atoms with Crippen LogP contribution in [0.2, 0.25) is 10.2 Å². The van der Waals surface area contributed by atoms with E-state index in [1.165, 1.54) is 12.8 Å². The van der Waals surface area contributed by atoms with E-state index >= 15 is 0 Å². The third-order valence-electron chi connectivity index (χ3n) is 9.17. The lowest BCUT2D eigenvalue weighted by Gasteiger charge is -2.13. The molecule has 0 saturated heterocycles. The molecule has 0 radical (unpaired) electrons. The molecule has 2 aliphatic rings. The summed E-state index contributed by atoms with van der Waals surface area (Å²) in [4.78, 5) is 42.1. The number of carbonyl (C=O) groups excluding carboxylic acids is 2. The Morgan fingerprint density at radius 2 is 1.21 bits per heavy atom. The van der Waals surface area contributed by atoms with Gasteiger partial charge in [0, 0.05) is 67.0 Å². The van der Waals surface area contributed by atoms with Crippen molar-refractivity contribution in [2.45, 2.75) is 63.5 Å². The van der Waals surface area contributed by atoms with E-state index in [1.807, 2.05) is 32.6 Å². The molecular weight excluding hydrogens is 703 g/mol. The van der Waals surface area contributed by atoms with Crippen LogP contribution in [-0.4, -0.2) is 63.6 Å². The molecule has 6 aromatic rings. The van der Waals surface area contributed by atoms with Gasteiger partial charge in [-0.15, -0.1) is 0 Å². The summed E-state index contributed by atoms with van der Waals surface area (Å²) < 4.78 is 3.41. The molecule has 6 aromatic heterocycles. The molecule has 0 atom stereocenters. The molecule has 4 amide bonds. The molecule has 8 rings (SSSR count). The Kier molecular flexibility index (Phi) is 10.5. The Bertz CT molecular complexity index is 2200. The topological polar surface area (TPSA) is 169 Å². The van der Waals surface area contributed by atoms with Gasteiger partial charge in [0.1, 0.15) is 22.3 Å². The maximum absolute atomic E-state index is 12.2. The van der Waals surface area contributed by atoms with Crippen LogP contribution in [-0.2, 0) is 14.1 Å². The fraction of sp³-hybridized carbons (Fsp3) is 0.333. The summed E-state index contributed by atoms with van der Waals surface area (Å²) in [7, 11) is 3.68. The molecule has 0 spiro atoms. The fourth-order valence-corrected chi connectivity index (χ4v) is 7.10. The number of pyridine rings is 4. The summed E-state index contributed by atoms with van der Waals surface area (Å²) in [5.41, 5.74) is 5.80. The minimum absolute atomic E-state index is 0.224. The van der Waals surface area contributed by atoms with Crippen LogP contribution in [0.1, 0.15) is 51.4 Å². The van der Waals surface area contributed by atoms with Crippen molar-refractivity contribution in [3.63, 3.8) is 0 Å². The minimum atomic E-state index is -0.240. The molecule has 4 N–H and O–H groups in total. The van der Waals surface area contributed by atoms with E-state index in [1.54, 1.807) is 52.2 Å². The number of amides is 4. The highest BCUT2D eigenvalue weighted by Crippen LogP contribution is 2.33. The van der Waals surface area contributed by atoms with Crippen molar-refractivity contribution < 1.29 is 9.59 Å². The van der Waals surface area contributed by atoms with Gasteiger partial charge in [0.05, 0.1) is 34.0 Å². The highest BCUT2D eigenvalue weighted by Gasteiger charge is 2.19. The van der Waals surface area contributed by atoms with Crippen molar-refractivity contribution in [3.05, 3.63) is 71.5 Å². The van der Waals surface area contributed by atoms with Gasteiger partial charge in [-0.1, -0.05) is 48.9 Å². The monoisotopic (exact) mass is 740 g/mol. The SMILES string of the molecule is Cn1cc(-c2cc3nc(NC(=O)NC4CCCC4)ccc3nc2Cl)cn1.Cn1cc(-c2cnc3ccc(NC(=O)NC4CCCC4)nc3c2Cl)cn1. The Morgan fingerprint density at radius 3 is 1.77 bits per heavy atom. The first-order valence-electron chi connectivity index (χ1n) is 17.2. The van der Waals surface area contributed by atoms with E-state index in [4.69, 9.17) is 23.2 Å². The van der Waals surface area contributed by atoms with E-state index in [-0.39, 0.29) is 24.1 Å². The summed E-state index contributed by atoms with van der Waals surface area (Å²) in [6.45, 7) is 0. The third kappa shape index (κ3) is 8.24. The van der Waals surface area contributed by atoms with Crippen molar-refractivity contribution in [3.8, 4) is 22.3 Å². The second kappa shape index (κ2) is 15.5. The van der Waals surface area contributed by atoms with Crippen molar-refractivity contribution in [2.75, 3.05) is 10.6 Å². The number of aryl methyl sites for hydroxylation is 2. The number of halogens is 2. The quantitative estimate of drug-likeness (QED) is 0.127. The molecule has 2 fully saturated rings. The largest absolute Gasteiger partial charge is 0.335 e. The van der Waals surface area contributed by atoms with Gasteiger partial charge in [-0.25, -0.2) is 24.5 Å². The number of hydrogen-bond acceptors (Lipinski definition) is 8. The number of nitrogens with zero attached hydrogens (tertiary/aromatic N) is 8. The highest BCUT2D eigenvalue weighted by atomic mass is 35.5. The number of anilines is 2. The molecule has 0 bridgehead atoms. The van der Waals surface area contributed by atoms with Crippen LogP contribution < -0.4 is 21.3 Å². The molecule has 14 nitrogen and oxygen atoms in total. The Balaban J connectivity index is 0.000000162. The van der Waals surface area contributed by atoms with Gasteiger partial charge in [0.2, 0.25) is 0 Å². The molecule has 16 heteroatoms. The van der Waals surface area contributed by atoms with E-state index in [0.717, 1.165) is 60.8 Å². The molecule has 6 heterocycles. The van der Waals surface area contributed by atoms with Crippen LogP contribution in [0.5, 0.6) is 0 Å². The van der Waals surface area contributed by atoms with Gasteiger partial charge in [-0.2, -0.15) is 10.2 Å². The van der Waals surface area contributed by atoms with Gasteiger partial charge in [-0.3, -0.25) is 25.0 Å². The maximum atomic E-state index is 12.2. The first kappa shape index (κ1) is 35.1. The van der Waals surface area contributed by atoms with E-state index in [2.05, 4.69) is 51.4 Å². The summed E-state index contributed by atoms with van der Waals surface area (Å²) in [5, 5.41) is 20.8. The molecule has 52 heavy (non-hydrogen) atoms. The first-order valence-corrected chi connectivity index (χ1v) is 18.0. The van der Waals surface area contributed by atoms with Gasteiger partial charge < -0.3 is 10.6 Å². The van der Waals surface area contributed by atoms with Gasteiger partial charge >= 0.3 is 12.1 Å². The first-order chi connectivity index (χ1) is 25.2. The predicted molar refractivity (Wildman–Crippen MR) is 202 cm³/mol. The van der Waals surface area contributed by atoms with Crippen molar-refractivity contribution in [1.82, 2.24) is 50.1 Å². The number of hydrogen-bond donors (Lipinski definition) is 4. The number of fused-ring (bicyclic) bond motifs is 2. The van der Waals surface area contributed by atoms with Gasteiger partial charge in [0.25, 0.3) is 0 Å². The number of nitrogens with one attached hydrogen (secondary N) is 4. The lowest BCUT2D eigenvalue weighted by Crippen LogP contribution is -2.36. The molecule has 0 aliphatic heterocycles. The zero-order valence-corrected chi connectivity index (χ0v) is 30.2. The summed E-state index contributed by atoms with van der Waals surface area (Å²) in [6.07, 6.45) is 17.7. The second-order valence-electron chi connectivity index (χ2n) is 13.1. The Hall–Kier alpha value is -5.34. The Labute approximate surface area is 309 Å². The fourth-order valence-electron chi connectivity index (χ4n) is 6.55. The van der Waals surface area contributed by atoms with Crippen LogP contribution in [0.4, 0.5) is 21.2 Å². The van der Waals surface area contributed by atoms with Crippen LogP contribution in [0.25, 0.3) is 44.3 Å². The van der Waals surface area contributed by atoms with Crippen LogP contribution >= 0.6 is 23.2 Å². The summed E-state index contributed by atoms with van der Waals surface area (Å²) in [5.74, 6) is 0.925. The van der Waals surface area contributed by atoms with Crippen molar-refractivity contribution >= 4 is 69.0 Å². The maximum Gasteiger partial charge on any atom is 0.320 e. The molecule has 0 unspecified atom stereocenters.